The minimum absolute atomic E-state index is 0.131. The fourth-order valence-electron chi connectivity index (χ4n) is 3.44. The van der Waals surface area contributed by atoms with Crippen molar-refractivity contribution in [1.29, 1.82) is 0 Å². The van der Waals surface area contributed by atoms with Crippen LogP contribution in [0.5, 0.6) is 11.5 Å². The van der Waals surface area contributed by atoms with Gasteiger partial charge in [-0.05, 0) is 55.2 Å². The number of rotatable bonds is 2. The van der Waals surface area contributed by atoms with E-state index >= 15 is 0 Å². The number of phenolic OH excluding ortho intramolecular Hbond substituents is 2. The van der Waals surface area contributed by atoms with E-state index in [1.54, 1.807) is 24.3 Å². The molecule has 1 aliphatic rings. The number of aromatic hydroxyl groups is 2. The van der Waals surface area contributed by atoms with Crippen LogP contribution in [0.4, 0.5) is 0 Å². The largest absolute Gasteiger partial charge is 0.508 e. The van der Waals surface area contributed by atoms with Crippen LogP contribution in [0.1, 0.15) is 43.2 Å². The molecule has 2 aromatic carbocycles. The fraction of sp³-hybridized carbons (Fsp3) is 0.316. The molecule has 22 heavy (non-hydrogen) atoms. The fourth-order valence-corrected chi connectivity index (χ4v) is 3.44. The van der Waals surface area contributed by atoms with Crippen LogP contribution in [-0.2, 0) is 10.2 Å². The van der Waals surface area contributed by atoms with Crippen molar-refractivity contribution in [3.05, 3.63) is 59.7 Å². The second kappa shape index (κ2) is 5.48. The SMILES string of the molecule is CC1(c2ccc(O)cc2)CCCC(c2ccc(O)cc2)C1=O. The molecule has 0 radical (unpaired) electrons. The summed E-state index contributed by atoms with van der Waals surface area (Å²) in [7, 11) is 0. The minimum atomic E-state index is -0.519. The first-order chi connectivity index (χ1) is 10.5. The molecular weight excluding hydrogens is 276 g/mol. The van der Waals surface area contributed by atoms with E-state index in [-0.39, 0.29) is 23.2 Å². The number of carbonyl (C=O) groups excluding carboxylic acids is 1. The standard InChI is InChI=1S/C19H20O3/c1-19(14-6-10-16(21)11-7-14)12-2-3-17(18(19)22)13-4-8-15(20)9-5-13/h4-11,17,20-21H,2-3,12H2,1H3. The molecule has 3 heteroatoms. The van der Waals surface area contributed by atoms with Gasteiger partial charge in [-0.3, -0.25) is 4.79 Å². The van der Waals surface area contributed by atoms with Crippen LogP contribution in [0.3, 0.4) is 0 Å². The van der Waals surface area contributed by atoms with Crippen LogP contribution in [0.25, 0.3) is 0 Å². The maximum Gasteiger partial charge on any atom is 0.150 e. The third-order valence-electron chi connectivity index (χ3n) is 4.83. The second-order valence-corrected chi connectivity index (χ2v) is 6.28. The smallest absolute Gasteiger partial charge is 0.150 e. The topological polar surface area (TPSA) is 57.5 Å². The van der Waals surface area contributed by atoms with Crippen molar-refractivity contribution in [2.45, 2.75) is 37.5 Å². The lowest BCUT2D eigenvalue weighted by Crippen LogP contribution is -2.40. The average Bonchev–Trinajstić information content (AvgIpc) is 2.52. The van der Waals surface area contributed by atoms with Gasteiger partial charge in [-0.15, -0.1) is 0 Å². The Hall–Kier alpha value is -2.29. The molecule has 1 fully saturated rings. The summed E-state index contributed by atoms with van der Waals surface area (Å²) >= 11 is 0. The molecule has 1 saturated carbocycles. The molecule has 2 N–H and O–H groups in total. The van der Waals surface area contributed by atoms with Crippen LogP contribution in [0.15, 0.2) is 48.5 Å². The summed E-state index contributed by atoms with van der Waals surface area (Å²) in [5.41, 5.74) is 1.40. The van der Waals surface area contributed by atoms with Crippen molar-refractivity contribution in [2.24, 2.45) is 0 Å². The minimum Gasteiger partial charge on any atom is -0.508 e. The third-order valence-corrected chi connectivity index (χ3v) is 4.83. The van der Waals surface area contributed by atoms with E-state index in [4.69, 9.17) is 0 Å². The van der Waals surface area contributed by atoms with Crippen molar-refractivity contribution in [1.82, 2.24) is 0 Å². The zero-order chi connectivity index (χ0) is 15.7. The average molecular weight is 296 g/mol. The summed E-state index contributed by atoms with van der Waals surface area (Å²) in [5, 5.41) is 18.9. The zero-order valence-electron chi connectivity index (χ0n) is 12.6. The van der Waals surface area contributed by atoms with Crippen molar-refractivity contribution in [2.75, 3.05) is 0 Å². The van der Waals surface area contributed by atoms with Gasteiger partial charge in [-0.1, -0.05) is 30.7 Å². The van der Waals surface area contributed by atoms with Crippen LogP contribution >= 0.6 is 0 Å². The number of benzene rings is 2. The molecule has 0 saturated heterocycles. The molecule has 0 bridgehead atoms. The van der Waals surface area contributed by atoms with Gasteiger partial charge in [0.15, 0.2) is 5.78 Å². The van der Waals surface area contributed by atoms with Gasteiger partial charge in [0.25, 0.3) is 0 Å². The summed E-state index contributed by atoms with van der Waals surface area (Å²) in [4.78, 5) is 13.1. The number of Topliss-reactive ketones (excluding diaryl/α,β-unsaturated/α-hetero) is 1. The first kappa shape index (κ1) is 14.6. The van der Waals surface area contributed by atoms with Gasteiger partial charge in [-0.25, -0.2) is 0 Å². The van der Waals surface area contributed by atoms with Gasteiger partial charge in [0.2, 0.25) is 0 Å². The number of carbonyl (C=O) groups is 1. The molecule has 0 amide bonds. The predicted octanol–water partition coefficient (Wildman–Crippen LogP) is 3.89. The highest BCUT2D eigenvalue weighted by molar-refractivity contribution is 5.96. The molecule has 2 unspecified atom stereocenters. The lowest BCUT2D eigenvalue weighted by atomic mass is 9.64. The van der Waals surface area contributed by atoms with Gasteiger partial charge < -0.3 is 10.2 Å². The number of ketones is 1. The highest BCUT2D eigenvalue weighted by atomic mass is 16.3. The first-order valence-electron chi connectivity index (χ1n) is 7.63. The first-order valence-corrected chi connectivity index (χ1v) is 7.63. The molecule has 0 spiro atoms. The Kier molecular flexibility index (Phi) is 3.65. The maximum atomic E-state index is 13.1. The van der Waals surface area contributed by atoms with E-state index in [2.05, 4.69) is 0 Å². The molecule has 1 aliphatic carbocycles. The second-order valence-electron chi connectivity index (χ2n) is 6.28. The highest BCUT2D eigenvalue weighted by Crippen LogP contribution is 2.43. The Morgan fingerprint density at radius 3 is 2.09 bits per heavy atom. The molecule has 2 aromatic rings. The summed E-state index contributed by atoms with van der Waals surface area (Å²) < 4.78 is 0. The molecule has 3 rings (SSSR count). The van der Waals surface area contributed by atoms with Gasteiger partial charge in [0.05, 0.1) is 5.41 Å². The van der Waals surface area contributed by atoms with Crippen molar-refractivity contribution >= 4 is 5.78 Å². The Morgan fingerprint density at radius 1 is 0.955 bits per heavy atom. The Balaban J connectivity index is 1.95. The molecule has 0 aliphatic heterocycles. The van der Waals surface area contributed by atoms with Gasteiger partial charge in [-0.2, -0.15) is 0 Å². The third kappa shape index (κ3) is 2.47. The normalized spacial score (nSPS) is 25.1. The van der Waals surface area contributed by atoms with Crippen molar-refractivity contribution < 1.29 is 15.0 Å². The molecule has 0 aromatic heterocycles. The van der Waals surface area contributed by atoms with Crippen molar-refractivity contribution in [3.63, 3.8) is 0 Å². The van der Waals surface area contributed by atoms with Crippen LogP contribution in [0.2, 0.25) is 0 Å². The van der Waals surface area contributed by atoms with Crippen molar-refractivity contribution in [3.8, 4) is 11.5 Å². The molecule has 3 nitrogen and oxygen atoms in total. The number of hydrogen-bond acceptors (Lipinski definition) is 3. The maximum absolute atomic E-state index is 13.1. The van der Waals surface area contributed by atoms with E-state index in [0.29, 0.717) is 0 Å². The summed E-state index contributed by atoms with van der Waals surface area (Å²) in [6.07, 6.45) is 2.65. The Morgan fingerprint density at radius 2 is 1.50 bits per heavy atom. The summed E-state index contributed by atoms with van der Waals surface area (Å²) in [6, 6.07) is 13.9. The Labute approximate surface area is 130 Å². The summed E-state index contributed by atoms with van der Waals surface area (Å²) in [5.74, 6) is 0.516. The molecule has 2 atom stereocenters. The van der Waals surface area contributed by atoms with E-state index in [1.165, 1.54) is 0 Å². The molecular formula is C19H20O3. The lowest BCUT2D eigenvalue weighted by Gasteiger charge is -2.37. The van der Waals surface area contributed by atoms with Crippen LogP contribution in [-0.4, -0.2) is 16.0 Å². The predicted molar refractivity (Wildman–Crippen MR) is 85.2 cm³/mol. The number of hydrogen-bond donors (Lipinski definition) is 2. The van der Waals surface area contributed by atoms with Gasteiger partial charge in [0.1, 0.15) is 11.5 Å². The zero-order valence-corrected chi connectivity index (χ0v) is 12.6. The van der Waals surface area contributed by atoms with E-state index in [9.17, 15) is 15.0 Å². The van der Waals surface area contributed by atoms with E-state index < -0.39 is 5.41 Å². The summed E-state index contributed by atoms with van der Waals surface area (Å²) in [6.45, 7) is 1.99. The number of phenols is 2. The molecule has 0 heterocycles. The monoisotopic (exact) mass is 296 g/mol. The molecule has 114 valence electrons. The van der Waals surface area contributed by atoms with E-state index in [1.807, 2.05) is 31.2 Å². The van der Waals surface area contributed by atoms with E-state index in [0.717, 1.165) is 30.4 Å². The quantitative estimate of drug-likeness (QED) is 0.884. The van der Waals surface area contributed by atoms with Crippen LogP contribution in [0, 0.1) is 0 Å². The van der Waals surface area contributed by atoms with Gasteiger partial charge in [0, 0.05) is 5.92 Å². The lowest BCUT2D eigenvalue weighted by molar-refractivity contribution is -0.127. The Bertz CT molecular complexity index is 673. The highest BCUT2D eigenvalue weighted by Gasteiger charge is 2.42. The van der Waals surface area contributed by atoms with Crippen LogP contribution < -0.4 is 0 Å². The van der Waals surface area contributed by atoms with Gasteiger partial charge >= 0.3 is 0 Å².